The van der Waals surface area contributed by atoms with Gasteiger partial charge in [0, 0.05) is 17.4 Å². The first-order valence-corrected chi connectivity index (χ1v) is 8.83. The summed E-state index contributed by atoms with van der Waals surface area (Å²) in [7, 11) is 0. The number of hydrogen-bond donors (Lipinski definition) is 1. The van der Waals surface area contributed by atoms with E-state index in [1.165, 1.54) is 5.56 Å². The van der Waals surface area contributed by atoms with Gasteiger partial charge in [0.15, 0.2) is 0 Å². The predicted octanol–water partition coefficient (Wildman–Crippen LogP) is 4.73. The summed E-state index contributed by atoms with van der Waals surface area (Å²) >= 11 is 0. The fourth-order valence-corrected chi connectivity index (χ4v) is 3.46. The molecule has 0 bridgehead atoms. The fraction of sp³-hybridized carbons (Fsp3) is 0.182. The molecule has 4 rings (SSSR count). The second-order valence-electron chi connectivity index (χ2n) is 6.73. The van der Waals surface area contributed by atoms with E-state index in [1.54, 1.807) is 12.3 Å². The highest BCUT2D eigenvalue weighted by molar-refractivity contribution is 6.06. The van der Waals surface area contributed by atoms with E-state index >= 15 is 0 Å². The summed E-state index contributed by atoms with van der Waals surface area (Å²) in [4.78, 5) is 19.2. The van der Waals surface area contributed by atoms with Gasteiger partial charge < -0.3 is 10.2 Å². The molecule has 2 heterocycles. The van der Waals surface area contributed by atoms with Crippen LogP contribution in [0.4, 0.5) is 17.1 Å². The Morgan fingerprint density at radius 1 is 1.08 bits per heavy atom. The van der Waals surface area contributed by atoms with Crippen LogP contribution < -0.4 is 10.2 Å². The number of carbonyl (C=O) groups excluding carboxylic acids is 1. The predicted molar refractivity (Wildman–Crippen MR) is 105 cm³/mol. The van der Waals surface area contributed by atoms with Crippen LogP contribution in [0.2, 0.25) is 0 Å². The summed E-state index contributed by atoms with van der Waals surface area (Å²) in [6.45, 7) is 4.13. The standard InChI is InChI=1S/C22H21N3O/c1-15-7-3-5-9-19(15)24-18-11-12-20(23-14-18)22(26)25-16(2)13-17-8-4-6-10-21(17)25/h3-12,14,16,24H,13H2,1-2H3. The fourth-order valence-electron chi connectivity index (χ4n) is 3.46. The Kier molecular flexibility index (Phi) is 4.17. The number of amides is 1. The maximum absolute atomic E-state index is 13.0. The van der Waals surface area contributed by atoms with Crippen molar-refractivity contribution in [3.05, 3.63) is 83.7 Å². The van der Waals surface area contributed by atoms with Gasteiger partial charge in [0.1, 0.15) is 5.69 Å². The van der Waals surface area contributed by atoms with Gasteiger partial charge in [-0.2, -0.15) is 0 Å². The minimum absolute atomic E-state index is 0.0510. The zero-order chi connectivity index (χ0) is 18.1. The summed E-state index contributed by atoms with van der Waals surface area (Å²) in [6.07, 6.45) is 2.60. The molecule has 4 heteroatoms. The largest absolute Gasteiger partial charge is 0.354 e. The van der Waals surface area contributed by atoms with E-state index in [-0.39, 0.29) is 11.9 Å². The Bertz CT molecular complexity index is 950. The lowest BCUT2D eigenvalue weighted by atomic mass is 10.1. The van der Waals surface area contributed by atoms with Gasteiger partial charge in [0.25, 0.3) is 5.91 Å². The number of fused-ring (bicyclic) bond motifs is 1. The van der Waals surface area contributed by atoms with E-state index in [4.69, 9.17) is 0 Å². The number of aromatic nitrogens is 1. The van der Waals surface area contributed by atoms with E-state index in [2.05, 4.69) is 36.3 Å². The molecule has 0 saturated carbocycles. The topological polar surface area (TPSA) is 45.2 Å². The number of rotatable bonds is 3. The monoisotopic (exact) mass is 343 g/mol. The zero-order valence-electron chi connectivity index (χ0n) is 14.9. The quantitative estimate of drug-likeness (QED) is 0.748. The highest BCUT2D eigenvalue weighted by atomic mass is 16.2. The van der Waals surface area contributed by atoms with Crippen molar-refractivity contribution in [2.24, 2.45) is 0 Å². The van der Waals surface area contributed by atoms with Crippen LogP contribution >= 0.6 is 0 Å². The molecular weight excluding hydrogens is 322 g/mol. The number of benzene rings is 2. The molecule has 130 valence electrons. The van der Waals surface area contributed by atoms with Gasteiger partial charge in [-0.15, -0.1) is 0 Å². The first-order valence-electron chi connectivity index (χ1n) is 8.83. The van der Waals surface area contributed by atoms with Gasteiger partial charge >= 0.3 is 0 Å². The van der Waals surface area contributed by atoms with Crippen molar-refractivity contribution in [1.29, 1.82) is 0 Å². The Hall–Kier alpha value is -3.14. The smallest absolute Gasteiger partial charge is 0.277 e. The molecule has 0 aliphatic carbocycles. The molecular formula is C22H21N3O. The molecule has 1 aromatic heterocycles. The summed E-state index contributed by atoms with van der Waals surface area (Å²) in [5.74, 6) is -0.0510. The van der Waals surface area contributed by atoms with Crippen molar-refractivity contribution >= 4 is 23.0 Å². The molecule has 1 N–H and O–H groups in total. The lowest BCUT2D eigenvalue weighted by Crippen LogP contribution is -2.36. The zero-order valence-corrected chi connectivity index (χ0v) is 14.9. The Morgan fingerprint density at radius 2 is 1.85 bits per heavy atom. The van der Waals surface area contributed by atoms with Crippen molar-refractivity contribution in [3.63, 3.8) is 0 Å². The number of aryl methyl sites for hydroxylation is 1. The molecule has 1 atom stereocenters. The van der Waals surface area contributed by atoms with Gasteiger partial charge in [0.2, 0.25) is 0 Å². The summed E-state index contributed by atoms with van der Waals surface area (Å²) in [5.41, 5.74) is 5.74. The first kappa shape index (κ1) is 16.3. The second-order valence-corrected chi connectivity index (χ2v) is 6.73. The molecule has 1 amide bonds. The number of anilines is 3. The van der Waals surface area contributed by atoms with E-state index in [9.17, 15) is 4.79 Å². The first-order chi connectivity index (χ1) is 12.6. The lowest BCUT2D eigenvalue weighted by molar-refractivity contribution is 0.0976. The van der Waals surface area contributed by atoms with Crippen molar-refractivity contribution in [2.75, 3.05) is 10.2 Å². The molecule has 0 saturated heterocycles. The van der Waals surface area contributed by atoms with Crippen LogP contribution in [-0.2, 0) is 6.42 Å². The Balaban J connectivity index is 1.56. The average molecular weight is 343 g/mol. The van der Waals surface area contributed by atoms with Crippen LogP contribution in [0.1, 0.15) is 28.5 Å². The molecule has 0 spiro atoms. The molecule has 3 aromatic rings. The third-order valence-corrected chi connectivity index (χ3v) is 4.83. The Morgan fingerprint density at radius 3 is 2.62 bits per heavy atom. The molecule has 2 aromatic carbocycles. The highest BCUT2D eigenvalue weighted by Crippen LogP contribution is 2.33. The van der Waals surface area contributed by atoms with E-state index < -0.39 is 0 Å². The van der Waals surface area contributed by atoms with Gasteiger partial charge in [-0.1, -0.05) is 36.4 Å². The van der Waals surface area contributed by atoms with Crippen molar-refractivity contribution in [3.8, 4) is 0 Å². The van der Waals surface area contributed by atoms with Crippen LogP contribution in [-0.4, -0.2) is 16.9 Å². The number of pyridine rings is 1. The molecule has 0 radical (unpaired) electrons. The molecule has 26 heavy (non-hydrogen) atoms. The van der Waals surface area contributed by atoms with Crippen LogP contribution in [0.5, 0.6) is 0 Å². The summed E-state index contributed by atoms with van der Waals surface area (Å²) in [6, 6.07) is 20.0. The molecule has 1 aliphatic heterocycles. The molecule has 1 unspecified atom stereocenters. The van der Waals surface area contributed by atoms with E-state index in [1.807, 2.05) is 47.4 Å². The van der Waals surface area contributed by atoms with Crippen molar-refractivity contribution in [2.45, 2.75) is 26.3 Å². The van der Waals surface area contributed by atoms with Crippen LogP contribution in [0.25, 0.3) is 0 Å². The Labute approximate surface area is 153 Å². The van der Waals surface area contributed by atoms with E-state index in [0.717, 1.165) is 29.0 Å². The number of para-hydroxylation sites is 2. The maximum Gasteiger partial charge on any atom is 0.277 e. The molecule has 0 fully saturated rings. The maximum atomic E-state index is 13.0. The van der Waals surface area contributed by atoms with Gasteiger partial charge in [-0.3, -0.25) is 4.79 Å². The minimum atomic E-state index is -0.0510. The minimum Gasteiger partial charge on any atom is -0.354 e. The summed E-state index contributed by atoms with van der Waals surface area (Å²) < 4.78 is 0. The highest BCUT2D eigenvalue weighted by Gasteiger charge is 2.31. The lowest BCUT2D eigenvalue weighted by Gasteiger charge is -2.22. The second kappa shape index (κ2) is 6.64. The number of nitrogens with zero attached hydrogens (tertiary/aromatic N) is 2. The molecule has 4 nitrogen and oxygen atoms in total. The third-order valence-electron chi connectivity index (χ3n) is 4.83. The average Bonchev–Trinajstić information content (AvgIpc) is 2.99. The van der Waals surface area contributed by atoms with Gasteiger partial charge in [-0.25, -0.2) is 4.98 Å². The number of nitrogens with one attached hydrogen (secondary N) is 1. The van der Waals surface area contributed by atoms with Crippen molar-refractivity contribution < 1.29 is 4.79 Å². The van der Waals surface area contributed by atoms with Crippen LogP contribution in [0.15, 0.2) is 66.9 Å². The normalized spacial score (nSPS) is 15.6. The number of hydrogen-bond acceptors (Lipinski definition) is 3. The van der Waals surface area contributed by atoms with Crippen molar-refractivity contribution in [1.82, 2.24) is 4.98 Å². The van der Waals surface area contributed by atoms with Gasteiger partial charge in [0.05, 0.1) is 11.9 Å². The SMILES string of the molecule is Cc1ccccc1Nc1ccc(C(=O)N2c3ccccc3CC2C)nc1. The van der Waals surface area contributed by atoms with Crippen LogP contribution in [0.3, 0.4) is 0 Å². The van der Waals surface area contributed by atoms with Crippen LogP contribution in [0, 0.1) is 6.92 Å². The third kappa shape index (κ3) is 2.94. The molecule has 1 aliphatic rings. The number of carbonyl (C=O) groups is 1. The van der Waals surface area contributed by atoms with E-state index in [0.29, 0.717) is 5.69 Å². The van der Waals surface area contributed by atoms with Gasteiger partial charge in [-0.05, 0) is 55.7 Å². The summed E-state index contributed by atoms with van der Waals surface area (Å²) in [5, 5.41) is 3.34.